The number of anilines is 1. The van der Waals surface area contributed by atoms with Crippen molar-refractivity contribution in [3.63, 3.8) is 0 Å². The van der Waals surface area contributed by atoms with Gasteiger partial charge in [0.05, 0.1) is 24.2 Å². The third-order valence-electron chi connectivity index (χ3n) is 3.35. The van der Waals surface area contributed by atoms with Crippen molar-refractivity contribution in [2.75, 3.05) is 23.0 Å². The fourth-order valence-corrected chi connectivity index (χ4v) is 4.04. The van der Waals surface area contributed by atoms with E-state index in [9.17, 15) is 13.2 Å². The van der Waals surface area contributed by atoms with Gasteiger partial charge in [0.2, 0.25) is 0 Å². The second kappa shape index (κ2) is 5.83. The number of nitrogens with zero attached hydrogens (tertiary/aromatic N) is 1. The first-order valence-corrected chi connectivity index (χ1v) is 8.48. The molecule has 0 N–H and O–H groups in total. The highest BCUT2D eigenvalue weighted by Crippen LogP contribution is 2.25. The summed E-state index contributed by atoms with van der Waals surface area (Å²) in [5.41, 5.74) is 1.76. The fourth-order valence-electron chi connectivity index (χ4n) is 2.34. The molecule has 1 saturated heterocycles. The van der Waals surface area contributed by atoms with Gasteiger partial charge in [-0.15, -0.1) is 0 Å². The van der Waals surface area contributed by atoms with Gasteiger partial charge in [0, 0.05) is 5.69 Å². The summed E-state index contributed by atoms with van der Waals surface area (Å²) in [6.45, 7) is 3.95. The summed E-state index contributed by atoms with van der Waals surface area (Å²) in [5, 5.41) is 0. The first-order chi connectivity index (χ1) is 9.43. The Kier molecular flexibility index (Phi) is 4.32. The molecule has 1 atom stereocenters. The number of hydrogen-bond acceptors (Lipinski definition) is 4. The summed E-state index contributed by atoms with van der Waals surface area (Å²) < 4.78 is 28.3. The van der Waals surface area contributed by atoms with E-state index >= 15 is 0 Å². The number of hydrogen-bond donors (Lipinski definition) is 0. The largest absolute Gasteiger partial charge is 0.449 e. The molecule has 0 bridgehead atoms. The zero-order valence-electron chi connectivity index (χ0n) is 11.7. The minimum atomic E-state index is -3.05. The van der Waals surface area contributed by atoms with Gasteiger partial charge in [-0.1, -0.05) is 17.7 Å². The Balaban J connectivity index is 2.30. The highest BCUT2D eigenvalue weighted by Gasteiger charge is 2.36. The Labute approximate surface area is 119 Å². The van der Waals surface area contributed by atoms with Crippen LogP contribution in [-0.4, -0.2) is 38.7 Å². The molecule has 1 amide bonds. The molecule has 0 aliphatic carbocycles. The van der Waals surface area contributed by atoms with E-state index < -0.39 is 15.9 Å². The lowest BCUT2D eigenvalue weighted by atomic mass is 10.1. The quantitative estimate of drug-likeness (QED) is 0.857. The van der Waals surface area contributed by atoms with Gasteiger partial charge in [0.1, 0.15) is 0 Å². The molecule has 0 aromatic heterocycles. The maximum Gasteiger partial charge on any atom is 0.414 e. The lowest BCUT2D eigenvalue weighted by Crippen LogP contribution is -2.41. The molecule has 2 rings (SSSR count). The summed E-state index contributed by atoms with van der Waals surface area (Å²) in [4.78, 5) is 13.6. The summed E-state index contributed by atoms with van der Waals surface area (Å²) in [5.74, 6) is 0.124. The van der Waals surface area contributed by atoms with Crippen LogP contribution in [0.15, 0.2) is 24.3 Å². The van der Waals surface area contributed by atoms with Crippen molar-refractivity contribution >= 4 is 21.6 Å². The van der Waals surface area contributed by atoms with E-state index in [1.54, 1.807) is 6.92 Å². The first kappa shape index (κ1) is 14.8. The Bertz CT molecular complexity index is 580. The molecule has 1 aromatic rings. The van der Waals surface area contributed by atoms with E-state index in [0.717, 1.165) is 5.56 Å². The normalized spacial score (nSPS) is 20.6. The van der Waals surface area contributed by atoms with Gasteiger partial charge in [-0.25, -0.2) is 13.2 Å². The summed E-state index contributed by atoms with van der Waals surface area (Å²) in [6.07, 6.45) is -0.0341. The van der Waals surface area contributed by atoms with Crippen LogP contribution in [0.5, 0.6) is 0 Å². The highest BCUT2D eigenvalue weighted by atomic mass is 32.2. The smallest absolute Gasteiger partial charge is 0.414 e. The van der Waals surface area contributed by atoms with Gasteiger partial charge in [-0.05, 0) is 32.4 Å². The number of aryl methyl sites for hydroxylation is 1. The van der Waals surface area contributed by atoms with E-state index in [-0.39, 0.29) is 24.2 Å². The van der Waals surface area contributed by atoms with Gasteiger partial charge >= 0.3 is 6.09 Å². The maximum absolute atomic E-state index is 12.1. The average molecular weight is 297 g/mol. The van der Waals surface area contributed by atoms with Crippen molar-refractivity contribution in [2.24, 2.45) is 0 Å². The molecule has 20 heavy (non-hydrogen) atoms. The van der Waals surface area contributed by atoms with E-state index in [0.29, 0.717) is 12.1 Å². The SMILES string of the molecule is CCOC(=O)N(c1ccc(C)cc1)C1CCS(=O)(=O)C1. The number of sulfone groups is 1. The number of amides is 1. The molecule has 0 radical (unpaired) electrons. The zero-order valence-corrected chi connectivity index (χ0v) is 12.5. The van der Waals surface area contributed by atoms with Crippen molar-refractivity contribution in [3.05, 3.63) is 29.8 Å². The molecule has 6 heteroatoms. The van der Waals surface area contributed by atoms with Crippen molar-refractivity contribution < 1.29 is 17.9 Å². The van der Waals surface area contributed by atoms with E-state index in [1.807, 2.05) is 31.2 Å². The molecular formula is C14H19NO4S. The summed E-state index contributed by atoms with van der Waals surface area (Å²) >= 11 is 0. The number of rotatable bonds is 3. The van der Waals surface area contributed by atoms with Crippen molar-refractivity contribution in [1.29, 1.82) is 0 Å². The van der Waals surface area contributed by atoms with Crippen LogP contribution in [0.3, 0.4) is 0 Å². The second-order valence-corrected chi connectivity index (χ2v) is 7.19. The molecule has 1 aliphatic heterocycles. The molecule has 0 saturated carbocycles. The van der Waals surface area contributed by atoms with Crippen molar-refractivity contribution in [2.45, 2.75) is 26.3 Å². The molecule has 1 aliphatic rings. The topological polar surface area (TPSA) is 63.7 Å². The van der Waals surface area contributed by atoms with Crippen LogP contribution in [0.4, 0.5) is 10.5 Å². The Morgan fingerprint density at radius 1 is 1.35 bits per heavy atom. The monoisotopic (exact) mass is 297 g/mol. The molecule has 0 spiro atoms. The number of ether oxygens (including phenoxy) is 1. The van der Waals surface area contributed by atoms with Gasteiger partial charge < -0.3 is 4.74 Å². The minimum Gasteiger partial charge on any atom is -0.449 e. The van der Waals surface area contributed by atoms with Gasteiger partial charge in [-0.2, -0.15) is 0 Å². The number of carbonyl (C=O) groups excluding carboxylic acids is 1. The minimum absolute atomic E-state index is 0.000307. The lowest BCUT2D eigenvalue weighted by molar-refractivity contribution is 0.157. The predicted molar refractivity (Wildman–Crippen MR) is 77.7 cm³/mol. The van der Waals surface area contributed by atoms with Crippen LogP contribution in [0.1, 0.15) is 18.9 Å². The third-order valence-corrected chi connectivity index (χ3v) is 5.10. The Hall–Kier alpha value is -1.56. The van der Waals surface area contributed by atoms with Crippen LogP contribution in [0.2, 0.25) is 0 Å². The van der Waals surface area contributed by atoms with Gasteiger partial charge in [0.25, 0.3) is 0 Å². The molecule has 1 heterocycles. The first-order valence-electron chi connectivity index (χ1n) is 6.66. The molecule has 110 valence electrons. The van der Waals surface area contributed by atoms with E-state index in [1.165, 1.54) is 4.90 Å². The standard InChI is InChI=1S/C14H19NO4S/c1-3-19-14(16)15(12-6-4-11(2)5-7-12)13-8-9-20(17,18)10-13/h4-7,13H,3,8-10H2,1-2H3. The van der Waals surface area contributed by atoms with Crippen LogP contribution in [-0.2, 0) is 14.6 Å². The lowest BCUT2D eigenvalue weighted by Gasteiger charge is -2.27. The molecule has 1 aromatic carbocycles. The maximum atomic E-state index is 12.1. The Morgan fingerprint density at radius 3 is 2.50 bits per heavy atom. The van der Waals surface area contributed by atoms with Crippen LogP contribution in [0.25, 0.3) is 0 Å². The number of carbonyl (C=O) groups is 1. The van der Waals surface area contributed by atoms with Crippen LogP contribution < -0.4 is 4.90 Å². The fraction of sp³-hybridized carbons (Fsp3) is 0.500. The average Bonchev–Trinajstić information content (AvgIpc) is 2.73. The predicted octanol–water partition coefficient (Wildman–Crippen LogP) is 2.15. The third kappa shape index (κ3) is 3.30. The Morgan fingerprint density at radius 2 is 2.00 bits per heavy atom. The molecule has 1 fully saturated rings. The second-order valence-electron chi connectivity index (χ2n) is 4.96. The van der Waals surface area contributed by atoms with Gasteiger partial charge in [-0.3, -0.25) is 4.90 Å². The molecule has 5 nitrogen and oxygen atoms in total. The van der Waals surface area contributed by atoms with Crippen LogP contribution in [0, 0.1) is 6.92 Å². The number of benzene rings is 1. The summed E-state index contributed by atoms with van der Waals surface area (Å²) in [6, 6.07) is 7.08. The molecular weight excluding hydrogens is 278 g/mol. The highest BCUT2D eigenvalue weighted by molar-refractivity contribution is 7.91. The summed E-state index contributed by atoms with van der Waals surface area (Å²) in [7, 11) is -3.05. The van der Waals surface area contributed by atoms with E-state index in [2.05, 4.69) is 0 Å². The van der Waals surface area contributed by atoms with Crippen LogP contribution >= 0.6 is 0 Å². The van der Waals surface area contributed by atoms with Gasteiger partial charge in [0.15, 0.2) is 9.84 Å². The van der Waals surface area contributed by atoms with Crippen molar-refractivity contribution in [1.82, 2.24) is 0 Å². The molecule has 1 unspecified atom stereocenters. The van der Waals surface area contributed by atoms with Crippen molar-refractivity contribution in [3.8, 4) is 0 Å². The van der Waals surface area contributed by atoms with E-state index in [4.69, 9.17) is 4.74 Å². The zero-order chi connectivity index (χ0) is 14.8.